The van der Waals surface area contributed by atoms with Crippen LogP contribution in [0.3, 0.4) is 0 Å². The van der Waals surface area contributed by atoms with Crippen molar-refractivity contribution >= 4 is 5.91 Å². The van der Waals surface area contributed by atoms with E-state index < -0.39 is 5.60 Å². The third kappa shape index (κ3) is 16.6. The van der Waals surface area contributed by atoms with Crippen molar-refractivity contribution < 1.29 is 9.90 Å². The number of amides is 1. The summed E-state index contributed by atoms with van der Waals surface area (Å²) in [5.41, 5.74) is -0.876. The van der Waals surface area contributed by atoms with Crippen molar-refractivity contribution in [3.8, 4) is 0 Å². The molecule has 0 aromatic carbocycles. The Morgan fingerprint density at radius 2 is 1.71 bits per heavy atom. The number of carbonyl (C=O) groups is 1. The van der Waals surface area contributed by atoms with Crippen LogP contribution in [0.15, 0.2) is 36.5 Å². The van der Waals surface area contributed by atoms with E-state index in [1.165, 1.54) is 38.2 Å². The number of nitrogens with one attached hydrogen (secondary N) is 1. The lowest BCUT2D eigenvalue weighted by atomic mass is 10.1. The zero-order chi connectivity index (χ0) is 16.0. The van der Waals surface area contributed by atoms with Crippen LogP contribution in [0.2, 0.25) is 0 Å². The van der Waals surface area contributed by atoms with Gasteiger partial charge in [0.25, 0.3) is 0 Å². The highest BCUT2D eigenvalue weighted by Crippen LogP contribution is 2.05. The summed E-state index contributed by atoms with van der Waals surface area (Å²) in [7, 11) is 0. The fraction of sp³-hybridized carbons (Fsp3) is 0.611. The number of hydrogen-bond acceptors (Lipinski definition) is 2. The van der Waals surface area contributed by atoms with Gasteiger partial charge in [-0.3, -0.25) is 4.79 Å². The van der Waals surface area contributed by atoms with Gasteiger partial charge in [0.1, 0.15) is 0 Å². The van der Waals surface area contributed by atoms with Crippen molar-refractivity contribution in [2.45, 2.75) is 64.9 Å². The Bertz CT molecular complexity index is 349. The van der Waals surface area contributed by atoms with Gasteiger partial charge in [-0.2, -0.15) is 0 Å². The molecule has 120 valence electrons. The highest BCUT2D eigenvalue weighted by molar-refractivity contribution is 5.87. The van der Waals surface area contributed by atoms with E-state index in [-0.39, 0.29) is 12.5 Å². The molecular weight excluding hydrogens is 262 g/mol. The molecule has 1 amide bonds. The van der Waals surface area contributed by atoms with E-state index in [4.69, 9.17) is 0 Å². The summed E-state index contributed by atoms with van der Waals surface area (Å²) in [5.74, 6) is -0.193. The van der Waals surface area contributed by atoms with Crippen molar-refractivity contribution in [1.82, 2.24) is 5.32 Å². The number of aliphatic hydroxyl groups is 1. The topological polar surface area (TPSA) is 49.3 Å². The Morgan fingerprint density at radius 1 is 1.05 bits per heavy atom. The summed E-state index contributed by atoms with van der Waals surface area (Å²) in [5, 5.41) is 12.1. The molecule has 0 radical (unpaired) electrons. The molecule has 0 aliphatic rings. The number of unbranched alkanes of at least 4 members (excludes halogenated alkanes) is 5. The Balaban J connectivity index is 3.65. The molecule has 3 heteroatoms. The quantitative estimate of drug-likeness (QED) is 0.345. The van der Waals surface area contributed by atoms with Crippen molar-refractivity contribution in [3.05, 3.63) is 36.5 Å². The molecule has 0 aliphatic heterocycles. The van der Waals surface area contributed by atoms with Crippen LogP contribution in [0.4, 0.5) is 0 Å². The van der Waals surface area contributed by atoms with E-state index in [1.54, 1.807) is 19.9 Å². The molecule has 0 spiro atoms. The maximum atomic E-state index is 11.4. The Hall–Kier alpha value is -1.35. The van der Waals surface area contributed by atoms with Crippen molar-refractivity contribution in [3.63, 3.8) is 0 Å². The van der Waals surface area contributed by atoms with Crippen LogP contribution in [-0.2, 0) is 4.79 Å². The lowest BCUT2D eigenvalue weighted by molar-refractivity contribution is -0.117. The maximum Gasteiger partial charge on any atom is 0.244 e. The van der Waals surface area contributed by atoms with Gasteiger partial charge in [0, 0.05) is 12.6 Å². The second kappa shape index (κ2) is 12.4. The monoisotopic (exact) mass is 293 g/mol. The van der Waals surface area contributed by atoms with Gasteiger partial charge in [-0.25, -0.2) is 0 Å². The summed E-state index contributed by atoms with van der Waals surface area (Å²) < 4.78 is 0. The van der Waals surface area contributed by atoms with Crippen LogP contribution in [0.1, 0.15) is 59.3 Å². The van der Waals surface area contributed by atoms with Crippen molar-refractivity contribution in [2.24, 2.45) is 0 Å². The number of allylic oxidation sites excluding steroid dienone is 5. The van der Waals surface area contributed by atoms with Gasteiger partial charge in [0.05, 0.1) is 5.60 Å². The Kier molecular flexibility index (Phi) is 11.6. The second-order valence-corrected chi connectivity index (χ2v) is 5.91. The fourth-order valence-corrected chi connectivity index (χ4v) is 1.67. The van der Waals surface area contributed by atoms with E-state index >= 15 is 0 Å². The SMILES string of the molecule is CCCCCCC/C=C/C=C/C=C/C(=O)NCC(C)(C)O. The largest absolute Gasteiger partial charge is 0.389 e. The van der Waals surface area contributed by atoms with Crippen LogP contribution in [0.5, 0.6) is 0 Å². The van der Waals surface area contributed by atoms with Crippen molar-refractivity contribution in [1.29, 1.82) is 0 Å². The van der Waals surface area contributed by atoms with Gasteiger partial charge < -0.3 is 10.4 Å². The number of hydrogen-bond donors (Lipinski definition) is 2. The van der Waals surface area contributed by atoms with Crippen LogP contribution >= 0.6 is 0 Å². The smallest absolute Gasteiger partial charge is 0.244 e. The second-order valence-electron chi connectivity index (χ2n) is 5.91. The molecule has 3 nitrogen and oxygen atoms in total. The molecule has 0 saturated heterocycles. The zero-order valence-corrected chi connectivity index (χ0v) is 13.8. The van der Waals surface area contributed by atoms with E-state index in [0.29, 0.717) is 0 Å². The molecule has 2 N–H and O–H groups in total. The molecule has 0 aliphatic carbocycles. The van der Waals surface area contributed by atoms with Gasteiger partial charge in [0.2, 0.25) is 5.91 Å². The summed E-state index contributed by atoms with van der Waals surface area (Å²) >= 11 is 0. The average molecular weight is 293 g/mol. The van der Waals surface area contributed by atoms with Gasteiger partial charge >= 0.3 is 0 Å². The molecule has 0 bridgehead atoms. The van der Waals surface area contributed by atoms with Crippen molar-refractivity contribution in [2.75, 3.05) is 6.54 Å². The molecule has 0 atom stereocenters. The lowest BCUT2D eigenvalue weighted by Gasteiger charge is -2.16. The highest BCUT2D eigenvalue weighted by atomic mass is 16.3. The minimum absolute atomic E-state index is 0.193. The predicted molar refractivity (Wildman–Crippen MR) is 90.1 cm³/mol. The zero-order valence-electron chi connectivity index (χ0n) is 13.8. The van der Waals surface area contributed by atoms with Crippen LogP contribution < -0.4 is 5.32 Å². The molecule has 0 heterocycles. The summed E-state index contributed by atoms with van der Waals surface area (Å²) in [4.78, 5) is 11.4. The predicted octanol–water partition coefficient (Wildman–Crippen LogP) is 3.90. The van der Waals surface area contributed by atoms with Crippen LogP contribution in [-0.4, -0.2) is 23.2 Å². The van der Waals surface area contributed by atoms with Gasteiger partial charge in [-0.05, 0) is 26.7 Å². The molecular formula is C18H31NO2. The number of rotatable bonds is 11. The van der Waals surface area contributed by atoms with E-state index in [0.717, 1.165) is 6.42 Å². The van der Waals surface area contributed by atoms with Gasteiger partial charge in [-0.1, -0.05) is 63.0 Å². The minimum Gasteiger partial charge on any atom is -0.389 e. The lowest BCUT2D eigenvalue weighted by Crippen LogP contribution is -2.37. The van der Waals surface area contributed by atoms with Gasteiger partial charge in [0.15, 0.2) is 0 Å². The first kappa shape index (κ1) is 19.7. The van der Waals surface area contributed by atoms with E-state index in [9.17, 15) is 9.90 Å². The molecule has 0 aromatic heterocycles. The molecule has 0 aromatic rings. The first-order valence-corrected chi connectivity index (χ1v) is 7.96. The summed E-state index contributed by atoms with van der Waals surface area (Å²) in [6.07, 6.45) is 18.7. The Labute approximate surface area is 129 Å². The fourth-order valence-electron chi connectivity index (χ4n) is 1.67. The van der Waals surface area contributed by atoms with E-state index in [2.05, 4.69) is 18.3 Å². The first-order chi connectivity index (χ1) is 9.95. The molecule has 0 saturated carbocycles. The summed E-state index contributed by atoms with van der Waals surface area (Å²) in [6.45, 7) is 5.79. The van der Waals surface area contributed by atoms with Crippen LogP contribution in [0.25, 0.3) is 0 Å². The molecule has 0 unspecified atom stereocenters. The highest BCUT2D eigenvalue weighted by Gasteiger charge is 2.12. The molecule has 0 rings (SSSR count). The van der Waals surface area contributed by atoms with Crippen LogP contribution in [0, 0.1) is 0 Å². The molecule has 0 fully saturated rings. The number of carbonyl (C=O) groups excluding carboxylic acids is 1. The standard InChI is InChI=1S/C18H31NO2/c1-4-5-6-7-8-9-10-11-12-13-14-15-17(20)19-16-18(2,3)21/h10-15,21H,4-9,16H2,1-3H3,(H,19,20)/b11-10+,13-12+,15-14+. The third-order valence-corrected chi connectivity index (χ3v) is 2.89. The molecule has 21 heavy (non-hydrogen) atoms. The normalized spacial score (nSPS) is 12.8. The average Bonchev–Trinajstić information content (AvgIpc) is 2.42. The van der Waals surface area contributed by atoms with E-state index in [1.807, 2.05) is 18.2 Å². The minimum atomic E-state index is -0.876. The Morgan fingerprint density at radius 3 is 2.38 bits per heavy atom. The maximum absolute atomic E-state index is 11.4. The summed E-state index contributed by atoms with van der Waals surface area (Å²) in [6, 6.07) is 0. The third-order valence-electron chi connectivity index (χ3n) is 2.89. The van der Waals surface area contributed by atoms with Gasteiger partial charge in [-0.15, -0.1) is 0 Å². The first-order valence-electron chi connectivity index (χ1n) is 7.96.